The maximum atomic E-state index is 12.6. The topological polar surface area (TPSA) is 49.9 Å². The number of piperazine rings is 1. The summed E-state index contributed by atoms with van der Waals surface area (Å²) in [5.74, 6) is 1.12. The number of carbonyl (C=O) groups excluding carboxylic acids is 2. The third kappa shape index (κ3) is 3.83. The highest BCUT2D eigenvalue weighted by atomic mass is 35.5. The van der Waals surface area contributed by atoms with Crippen molar-refractivity contribution in [1.29, 1.82) is 0 Å². The molecular weight excluding hydrogens is 328 g/mol. The first-order valence-corrected chi connectivity index (χ1v) is 8.84. The lowest BCUT2D eigenvalue weighted by Gasteiger charge is -2.36. The van der Waals surface area contributed by atoms with Gasteiger partial charge in [0.15, 0.2) is 6.10 Å². The van der Waals surface area contributed by atoms with Gasteiger partial charge in [0.1, 0.15) is 5.75 Å². The molecule has 1 aromatic rings. The Labute approximate surface area is 147 Å². The molecule has 0 N–H and O–H groups in total. The lowest BCUT2D eigenvalue weighted by molar-refractivity contribution is -0.144. The number of rotatable bonds is 4. The van der Waals surface area contributed by atoms with Gasteiger partial charge in [0.25, 0.3) is 5.91 Å². The van der Waals surface area contributed by atoms with Gasteiger partial charge in [-0.1, -0.05) is 11.6 Å². The second-order valence-corrected chi connectivity index (χ2v) is 7.03. The second kappa shape index (κ2) is 7.01. The number of hydrogen-bond donors (Lipinski definition) is 0. The number of amides is 2. The molecule has 3 rings (SSSR count). The third-order valence-corrected chi connectivity index (χ3v) is 4.85. The number of halogens is 1. The maximum absolute atomic E-state index is 12.6. The zero-order chi connectivity index (χ0) is 17.3. The number of nitrogens with zero attached hydrogens (tertiary/aromatic N) is 2. The molecule has 5 nitrogen and oxygen atoms in total. The molecule has 2 fully saturated rings. The van der Waals surface area contributed by atoms with Gasteiger partial charge in [-0.15, -0.1) is 0 Å². The minimum absolute atomic E-state index is 0.0390. The van der Waals surface area contributed by atoms with Gasteiger partial charge in [-0.3, -0.25) is 9.59 Å². The van der Waals surface area contributed by atoms with Crippen molar-refractivity contribution in [1.82, 2.24) is 9.80 Å². The van der Waals surface area contributed by atoms with E-state index in [9.17, 15) is 9.59 Å². The van der Waals surface area contributed by atoms with Crippen LogP contribution in [0, 0.1) is 12.8 Å². The van der Waals surface area contributed by atoms with Crippen LogP contribution in [0.1, 0.15) is 25.3 Å². The lowest BCUT2D eigenvalue weighted by atomic mass is 10.2. The number of hydrogen-bond acceptors (Lipinski definition) is 3. The number of aryl methyl sites for hydroxylation is 1. The standard InChI is InChI=1S/C18H23ClN2O3/c1-12-11-15(19)5-6-16(12)24-13(2)17(22)20-7-9-21(10-8-20)18(23)14-3-4-14/h5-6,11,13-14H,3-4,7-10H2,1-2H3. The third-order valence-electron chi connectivity index (χ3n) is 4.62. The van der Waals surface area contributed by atoms with Gasteiger partial charge in [-0.25, -0.2) is 0 Å². The van der Waals surface area contributed by atoms with Crippen LogP contribution in [-0.4, -0.2) is 53.9 Å². The monoisotopic (exact) mass is 350 g/mol. The molecule has 1 saturated heterocycles. The second-order valence-electron chi connectivity index (χ2n) is 6.59. The van der Waals surface area contributed by atoms with Gasteiger partial charge in [-0.05, 0) is 50.5 Å². The maximum Gasteiger partial charge on any atom is 0.263 e. The Morgan fingerprint density at radius 1 is 1.17 bits per heavy atom. The highest BCUT2D eigenvalue weighted by molar-refractivity contribution is 6.30. The summed E-state index contributed by atoms with van der Waals surface area (Å²) >= 11 is 5.94. The average molecular weight is 351 g/mol. The molecule has 2 amide bonds. The molecule has 1 atom stereocenters. The van der Waals surface area contributed by atoms with Crippen LogP contribution < -0.4 is 4.74 Å². The SMILES string of the molecule is Cc1cc(Cl)ccc1OC(C)C(=O)N1CCN(C(=O)C2CC2)CC1. The van der Waals surface area contributed by atoms with Crippen LogP contribution in [0.3, 0.4) is 0 Å². The van der Waals surface area contributed by atoms with Crippen molar-refractivity contribution in [3.63, 3.8) is 0 Å². The molecule has 0 bridgehead atoms. The molecule has 0 spiro atoms. The van der Waals surface area contributed by atoms with Crippen LogP contribution in [0.5, 0.6) is 5.75 Å². The van der Waals surface area contributed by atoms with Crippen LogP contribution in [0.25, 0.3) is 0 Å². The van der Waals surface area contributed by atoms with E-state index >= 15 is 0 Å². The summed E-state index contributed by atoms with van der Waals surface area (Å²) in [4.78, 5) is 28.3. The Morgan fingerprint density at radius 3 is 2.38 bits per heavy atom. The molecule has 1 saturated carbocycles. The predicted octanol–water partition coefficient (Wildman–Crippen LogP) is 2.50. The van der Waals surface area contributed by atoms with Gasteiger partial charge < -0.3 is 14.5 Å². The largest absolute Gasteiger partial charge is 0.481 e. The van der Waals surface area contributed by atoms with Gasteiger partial charge >= 0.3 is 0 Å². The number of ether oxygens (including phenoxy) is 1. The van der Waals surface area contributed by atoms with Crippen LogP contribution >= 0.6 is 11.6 Å². The Hall–Kier alpha value is -1.75. The normalized spacial score (nSPS) is 19.1. The molecule has 2 aliphatic rings. The summed E-state index contributed by atoms with van der Waals surface area (Å²) in [5, 5.41) is 0.648. The van der Waals surface area contributed by atoms with Gasteiger partial charge in [0.2, 0.25) is 5.91 Å². The van der Waals surface area contributed by atoms with Gasteiger partial charge in [-0.2, -0.15) is 0 Å². The summed E-state index contributed by atoms with van der Waals surface area (Å²) in [7, 11) is 0. The van der Waals surface area contributed by atoms with Crippen LogP contribution in [0.15, 0.2) is 18.2 Å². The van der Waals surface area contributed by atoms with Crippen LogP contribution in [0.2, 0.25) is 5.02 Å². The summed E-state index contributed by atoms with van der Waals surface area (Å²) < 4.78 is 5.81. The van der Waals surface area contributed by atoms with E-state index in [4.69, 9.17) is 16.3 Å². The zero-order valence-corrected chi connectivity index (χ0v) is 14.9. The minimum Gasteiger partial charge on any atom is -0.481 e. The fourth-order valence-electron chi connectivity index (χ4n) is 2.98. The van der Waals surface area contributed by atoms with Gasteiger partial charge in [0, 0.05) is 37.1 Å². The molecular formula is C18H23ClN2O3. The fourth-order valence-corrected chi connectivity index (χ4v) is 3.21. The predicted molar refractivity (Wildman–Crippen MR) is 92.2 cm³/mol. The molecule has 0 aromatic heterocycles. The van der Waals surface area contributed by atoms with Crippen molar-refractivity contribution in [3.8, 4) is 5.75 Å². The van der Waals surface area contributed by atoms with Crippen LogP contribution in [0.4, 0.5) is 0 Å². The molecule has 1 aliphatic carbocycles. The Morgan fingerprint density at radius 2 is 1.79 bits per heavy atom. The molecule has 1 unspecified atom stereocenters. The van der Waals surface area contributed by atoms with Crippen molar-refractivity contribution >= 4 is 23.4 Å². The summed E-state index contributed by atoms with van der Waals surface area (Å²) in [6.07, 6.45) is 1.47. The van der Waals surface area contributed by atoms with E-state index in [2.05, 4.69) is 0 Å². The quantitative estimate of drug-likeness (QED) is 0.838. The number of carbonyl (C=O) groups is 2. The molecule has 130 valence electrons. The Kier molecular flexibility index (Phi) is 4.99. The van der Waals surface area contributed by atoms with E-state index in [1.807, 2.05) is 17.9 Å². The van der Waals surface area contributed by atoms with Crippen molar-refractivity contribution in [2.75, 3.05) is 26.2 Å². The van der Waals surface area contributed by atoms with Crippen LogP contribution in [-0.2, 0) is 9.59 Å². The van der Waals surface area contributed by atoms with Gasteiger partial charge in [0.05, 0.1) is 0 Å². The zero-order valence-electron chi connectivity index (χ0n) is 14.1. The van der Waals surface area contributed by atoms with Crippen molar-refractivity contribution in [2.45, 2.75) is 32.8 Å². The highest BCUT2D eigenvalue weighted by Gasteiger charge is 2.35. The van der Waals surface area contributed by atoms with Crippen molar-refractivity contribution < 1.29 is 14.3 Å². The smallest absolute Gasteiger partial charge is 0.263 e. The molecule has 1 heterocycles. The van der Waals surface area contributed by atoms with E-state index in [1.165, 1.54) is 0 Å². The first-order valence-electron chi connectivity index (χ1n) is 8.46. The number of benzene rings is 1. The minimum atomic E-state index is -0.560. The highest BCUT2D eigenvalue weighted by Crippen LogP contribution is 2.31. The van der Waals surface area contributed by atoms with E-state index in [-0.39, 0.29) is 17.7 Å². The fraction of sp³-hybridized carbons (Fsp3) is 0.556. The first-order chi connectivity index (χ1) is 11.5. The van der Waals surface area contributed by atoms with E-state index in [0.717, 1.165) is 18.4 Å². The van der Waals surface area contributed by atoms with E-state index < -0.39 is 6.10 Å². The lowest BCUT2D eigenvalue weighted by Crippen LogP contribution is -2.53. The molecule has 1 aromatic carbocycles. The summed E-state index contributed by atoms with van der Waals surface area (Å²) in [6.45, 7) is 6.05. The Bertz CT molecular complexity index is 637. The van der Waals surface area contributed by atoms with E-state index in [1.54, 1.807) is 24.0 Å². The molecule has 6 heteroatoms. The molecule has 24 heavy (non-hydrogen) atoms. The van der Waals surface area contributed by atoms with Crippen molar-refractivity contribution in [2.24, 2.45) is 5.92 Å². The summed E-state index contributed by atoms with van der Waals surface area (Å²) in [5.41, 5.74) is 0.905. The molecule has 0 radical (unpaired) electrons. The first kappa shape index (κ1) is 17.1. The summed E-state index contributed by atoms with van der Waals surface area (Å²) in [6, 6.07) is 5.35. The van der Waals surface area contributed by atoms with E-state index in [0.29, 0.717) is 37.0 Å². The average Bonchev–Trinajstić information content (AvgIpc) is 3.41. The van der Waals surface area contributed by atoms with Crippen molar-refractivity contribution in [3.05, 3.63) is 28.8 Å². The molecule has 1 aliphatic heterocycles. The Balaban J connectivity index is 1.53.